The Balaban J connectivity index is 1.71. The molecule has 0 radical (unpaired) electrons. The third kappa shape index (κ3) is 5.78. The molecule has 0 bridgehead atoms. The van der Waals surface area contributed by atoms with Crippen molar-refractivity contribution < 1.29 is 14.3 Å². The van der Waals surface area contributed by atoms with Crippen molar-refractivity contribution in [1.82, 2.24) is 10.2 Å². The zero-order valence-corrected chi connectivity index (χ0v) is 14.7. The van der Waals surface area contributed by atoms with Crippen molar-refractivity contribution in [2.45, 2.75) is 24.8 Å². The van der Waals surface area contributed by atoms with Crippen molar-refractivity contribution in [3.63, 3.8) is 0 Å². The molecule has 1 amide bonds. The van der Waals surface area contributed by atoms with Crippen molar-refractivity contribution in [2.24, 2.45) is 5.73 Å². The first-order valence-electron chi connectivity index (χ1n) is 8.51. The van der Waals surface area contributed by atoms with Crippen molar-refractivity contribution >= 4 is 5.91 Å². The van der Waals surface area contributed by atoms with Crippen LogP contribution >= 0.6 is 0 Å². The predicted octanol–water partition coefficient (Wildman–Crippen LogP) is 0.794. The van der Waals surface area contributed by atoms with E-state index in [-0.39, 0.29) is 5.91 Å². The van der Waals surface area contributed by atoms with Crippen molar-refractivity contribution in [3.8, 4) is 5.75 Å². The van der Waals surface area contributed by atoms with Crippen LogP contribution in [0.2, 0.25) is 0 Å². The van der Waals surface area contributed by atoms with Gasteiger partial charge >= 0.3 is 0 Å². The van der Waals surface area contributed by atoms with Gasteiger partial charge in [0.2, 0.25) is 5.91 Å². The van der Waals surface area contributed by atoms with E-state index < -0.39 is 5.54 Å². The number of hydrogen-bond acceptors (Lipinski definition) is 5. The van der Waals surface area contributed by atoms with E-state index in [9.17, 15) is 4.79 Å². The standard InChI is InChI=1S/C18H29N3O3/c1-21(2)11-14-24-16-5-3-15(4-6-16)7-10-20-17(22)18(19)8-12-23-13-9-18/h3-6H,7-14,19H2,1-2H3,(H,20,22). The van der Waals surface area contributed by atoms with Crippen LogP contribution in [0, 0.1) is 0 Å². The van der Waals surface area contributed by atoms with Gasteiger partial charge in [0, 0.05) is 26.3 Å². The Morgan fingerprint density at radius 2 is 1.96 bits per heavy atom. The van der Waals surface area contributed by atoms with Crippen LogP contribution in [0.3, 0.4) is 0 Å². The summed E-state index contributed by atoms with van der Waals surface area (Å²) in [5.74, 6) is 0.794. The van der Waals surface area contributed by atoms with Crippen LogP contribution in [-0.2, 0) is 16.0 Å². The lowest BCUT2D eigenvalue weighted by atomic mass is 9.90. The summed E-state index contributed by atoms with van der Waals surface area (Å²) in [5.41, 5.74) is 6.54. The molecule has 0 spiro atoms. The van der Waals surface area contributed by atoms with Crippen LogP contribution in [0.5, 0.6) is 5.75 Å². The summed E-state index contributed by atoms with van der Waals surface area (Å²) in [6.45, 7) is 3.25. The number of benzene rings is 1. The van der Waals surface area contributed by atoms with Crippen LogP contribution in [0.4, 0.5) is 0 Å². The number of likely N-dealkylation sites (N-methyl/N-ethyl adjacent to an activating group) is 1. The Morgan fingerprint density at radius 3 is 2.58 bits per heavy atom. The highest BCUT2D eigenvalue weighted by atomic mass is 16.5. The van der Waals surface area contributed by atoms with Gasteiger partial charge in [-0.05, 0) is 51.1 Å². The summed E-state index contributed by atoms with van der Waals surface area (Å²) in [6, 6.07) is 8.00. The molecule has 0 unspecified atom stereocenters. The lowest BCUT2D eigenvalue weighted by Gasteiger charge is -2.31. The summed E-state index contributed by atoms with van der Waals surface area (Å²) in [7, 11) is 4.04. The second-order valence-electron chi connectivity index (χ2n) is 6.57. The van der Waals surface area contributed by atoms with Gasteiger partial charge in [0.15, 0.2) is 0 Å². The number of nitrogens with two attached hydrogens (primary N) is 1. The van der Waals surface area contributed by atoms with Crippen LogP contribution in [-0.4, -0.2) is 63.4 Å². The van der Waals surface area contributed by atoms with Crippen molar-refractivity contribution in [2.75, 3.05) is 47.0 Å². The van der Waals surface area contributed by atoms with Gasteiger partial charge in [0.25, 0.3) is 0 Å². The molecule has 1 aliphatic heterocycles. The van der Waals surface area contributed by atoms with Crippen molar-refractivity contribution in [1.29, 1.82) is 0 Å². The zero-order valence-electron chi connectivity index (χ0n) is 14.7. The van der Waals surface area contributed by atoms with E-state index in [0.29, 0.717) is 39.2 Å². The molecule has 0 aromatic heterocycles. The fourth-order valence-corrected chi connectivity index (χ4v) is 2.56. The normalized spacial score (nSPS) is 16.8. The minimum absolute atomic E-state index is 0.0746. The lowest BCUT2D eigenvalue weighted by Crippen LogP contribution is -2.57. The number of hydrogen-bond donors (Lipinski definition) is 2. The topological polar surface area (TPSA) is 76.8 Å². The lowest BCUT2D eigenvalue weighted by molar-refractivity contribution is -0.129. The maximum Gasteiger partial charge on any atom is 0.240 e. The number of rotatable bonds is 8. The fraction of sp³-hybridized carbons (Fsp3) is 0.611. The zero-order chi connectivity index (χ0) is 17.4. The first kappa shape index (κ1) is 18.7. The summed E-state index contributed by atoms with van der Waals surface area (Å²) in [4.78, 5) is 14.3. The second kappa shape index (κ2) is 9.01. The number of nitrogens with zero attached hydrogens (tertiary/aromatic N) is 1. The maximum atomic E-state index is 12.2. The summed E-state index contributed by atoms with van der Waals surface area (Å²) in [5, 5.41) is 2.95. The van der Waals surface area contributed by atoms with E-state index in [1.807, 2.05) is 38.4 Å². The number of nitrogens with one attached hydrogen (secondary N) is 1. The average Bonchev–Trinajstić information content (AvgIpc) is 2.56. The quantitative estimate of drug-likeness (QED) is 0.735. The molecule has 2 rings (SSSR count). The maximum absolute atomic E-state index is 12.2. The van der Waals surface area contributed by atoms with Gasteiger partial charge in [-0.2, -0.15) is 0 Å². The van der Waals surface area contributed by atoms with E-state index in [1.165, 1.54) is 0 Å². The van der Waals surface area contributed by atoms with Gasteiger partial charge in [-0.3, -0.25) is 4.79 Å². The Morgan fingerprint density at radius 1 is 1.29 bits per heavy atom. The molecule has 0 aliphatic carbocycles. The summed E-state index contributed by atoms with van der Waals surface area (Å²) >= 11 is 0. The molecule has 1 aliphatic rings. The van der Waals surface area contributed by atoms with Crippen LogP contribution in [0.25, 0.3) is 0 Å². The molecule has 1 aromatic rings. The highest BCUT2D eigenvalue weighted by Crippen LogP contribution is 2.17. The molecule has 1 saturated heterocycles. The number of carbonyl (C=O) groups excluding carboxylic acids is 1. The third-order valence-electron chi connectivity index (χ3n) is 4.27. The van der Waals surface area contributed by atoms with E-state index >= 15 is 0 Å². The van der Waals surface area contributed by atoms with E-state index in [0.717, 1.165) is 24.3 Å². The molecule has 6 heteroatoms. The van der Waals surface area contributed by atoms with Gasteiger partial charge in [0.1, 0.15) is 12.4 Å². The molecule has 134 valence electrons. The van der Waals surface area contributed by atoms with Crippen LogP contribution in [0.15, 0.2) is 24.3 Å². The first-order valence-corrected chi connectivity index (χ1v) is 8.51. The minimum Gasteiger partial charge on any atom is -0.492 e. The average molecular weight is 335 g/mol. The Bertz CT molecular complexity index is 511. The molecule has 6 nitrogen and oxygen atoms in total. The molecule has 1 aromatic carbocycles. The van der Waals surface area contributed by atoms with Gasteiger partial charge in [-0.25, -0.2) is 0 Å². The SMILES string of the molecule is CN(C)CCOc1ccc(CCNC(=O)C2(N)CCOCC2)cc1. The van der Waals surface area contributed by atoms with Crippen molar-refractivity contribution in [3.05, 3.63) is 29.8 Å². The number of amides is 1. The molecule has 1 heterocycles. The molecule has 0 saturated carbocycles. The summed E-state index contributed by atoms with van der Waals surface area (Å²) in [6.07, 6.45) is 1.94. The molecular formula is C18H29N3O3. The number of ether oxygens (including phenoxy) is 2. The van der Waals surface area contributed by atoms with E-state index in [1.54, 1.807) is 0 Å². The Hall–Kier alpha value is -1.63. The van der Waals surface area contributed by atoms with Gasteiger partial charge in [-0.1, -0.05) is 12.1 Å². The van der Waals surface area contributed by atoms with Crippen LogP contribution < -0.4 is 15.8 Å². The summed E-state index contributed by atoms with van der Waals surface area (Å²) < 4.78 is 10.9. The molecule has 0 atom stereocenters. The monoisotopic (exact) mass is 335 g/mol. The predicted molar refractivity (Wildman–Crippen MR) is 94.2 cm³/mol. The molecule has 24 heavy (non-hydrogen) atoms. The second-order valence-corrected chi connectivity index (χ2v) is 6.57. The van der Waals surface area contributed by atoms with E-state index in [4.69, 9.17) is 15.2 Å². The molecular weight excluding hydrogens is 306 g/mol. The highest BCUT2D eigenvalue weighted by Gasteiger charge is 2.35. The minimum atomic E-state index is -0.775. The largest absolute Gasteiger partial charge is 0.492 e. The smallest absolute Gasteiger partial charge is 0.240 e. The first-order chi connectivity index (χ1) is 11.5. The highest BCUT2D eigenvalue weighted by molar-refractivity contribution is 5.86. The van der Waals surface area contributed by atoms with Gasteiger partial charge in [-0.15, -0.1) is 0 Å². The Kier molecular flexibility index (Phi) is 7.02. The van der Waals surface area contributed by atoms with Gasteiger partial charge in [0.05, 0.1) is 5.54 Å². The van der Waals surface area contributed by atoms with Gasteiger partial charge < -0.3 is 25.4 Å². The third-order valence-corrected chi connectivity index (χ3v) is 4.27. The number of carbonyl (C=O) groups is 1. The molecule has 1 fully saturated rings. The Labute approximate surface area is 144 Å². The fourth-order valence-electron chi connectivity index (χ4n) is 2.56. The molecule has 3 N–H and O–H groups in total. The van der Waals surface area contributed by atoms with Crippen LogP contribution in [0.1, 0.15) is 18.4 Å². The van der Waals surface area contributed by atoms with E-state index in [2.05, 4.69) is 10.2 Å².